The highest BCUT2D eigenvalue weighted by Gasteiger charge is 2.31. The first-order valence-electron chi connectivity index (χ1n) is 5.62. The van der Waals surface area contributed by atoms with Crippen LogP contribution in [0.15, 0.2) is 24.3 Å². The van der Waals surface area contributed by atoms with Crippen LogP contribution in [-0.2, 0) is 11.2 Å². The van der Waals surface area contributed by atoms with Gasteiger partial charge in [-0.05, 0) is 24.0 Å². The smallest absolute Gasteiger partial charge is 0.113 e. The molecule has 0 saturated carbocycles. The Morgan fingerprint density at radius 3 is 2.93 bits per heavy atom. The van der Waals surface area contributed by atoms with Crippen molar-refractivity contribution in [1.29, 1.82) is 0 Å². The number of benzene rings is 1. The van der Waals surface area contributed by atoms with E-state index in [1.807, 2.05) is 0 Å². The van der Waals surface area contributed by atoms with Gasteiger partial charge >= 0.3 is 0 Å². The Kier molecular flexibility index (Phi) is 3.37. The molecule has 0 heterocycles. The van der Waals surface area contributed by atoms with Crippen LogP contribution < -0.4 is 0 Å². The van der Waals surface area contributed by atoms with Crippen LogP contribution in [0.2, 0.25) is 0 Å². The zero-order valence-electron chi connectivity index (χ0n) is 9.08. The molecule has 0 amide bonds. The van der Waals surface area contributed by atoms with E-state index in [0.29, 0.717) is 5.92 Å². The first-order chi connectivity index (χ1) is 7.36. The molecule has 1 aromatic rings. The van der Waals surface area contributed by atoms with E-state index in [-0.39, 0.29) is 19.4 Å². The van der Waals surface area contributed by atoms with Gasteiger partial charge in [0.05, 0.1) is 12.7 Å². The van der Waals surface area contributed by atoms with Crippen LogP contribution in [0.4, 0.5) is 4.39 Å². The summed E-state index contributed by atoms with van der Waals surface area (Å²) in [7, 11) is 0. The summed E-state index contributed by atoms with van der Waals surface area (Å²) < 4.78 is 17.6. The first kappa shape index (κ1) is 10.6. The van der Waals surface area contributed by atoms with Crippen LogP contribution >= 0.6 is 0 Å². The molecule has 0 fully saturated rings. The minimum Gasteiger partial charge on any atom is -0.375 e. The number of ether oxygens (including phenoxy) is 1. The molecular weight excluding hydrogens is 191 g/mol. The van der Waals surface area contributed by atoms with Gasteiger partial charge in [0.1, 0.15) is 6.67 Å². The molecule has 0 N–H and O–H groups in total. The van der Waals surface area contributed by atoms with E-state index in [1.54, 1.807) is 0 Å². The normalized spacial score (nSPS) is 24.1. The summed E-state index contributed by atoms with van der Waals surface area (Å²) in [6.07, 6.45) is 2.19. The minimum atomic E-state index is -0.386. The van der Waals surface area contributed by atoms with Crippen LogP contribution in [0.1, 0.15) is 30.4 Å². The van der Waals surface area contributed by atoms with Gasteiger partial charge in [0, 0.05) is 5.92 Å². The Hall–Kier alpha value is -0.890. The van der Waals surface area contributed by atoms with Gasteiger partial charge in [-0.25, -0.2) is 4.39 Å². The Balaban J connectivity index is 2.13. The molecule has 15 heavy (non-hydrogen) atoms. The number of rotatable bonds is 4. The van der Waals surface area contributed by atoms with E-state index in [4.69, 9.17) is 4.74 Å². The molecule has 0 spiro atoms. The van der Waals surface area contributed by atoms with Crippen molar-refractivity contribution in [2.45, 2.75) is 31.8 Å². The van der Waals surface area contributed by atoms with Crippen LogP contribution in [0, 0.1) is 0 Å². The molecule has 1 aliphatic carbocycles. The van der Waals surface area contributed by atoms with Gasteiger partial charge in [-0.15, -0.1) is 0 Å². The Morgan fingerprint density at radius 1 is 1.40 bits per heavy atom. The maximum Gasteiger partial charge on any atom is 0.113 e. The van der Waals surface area contributed by atoms with Crippen LogP contribution in [0.5, 0.6) is 0 Å². The van der Waals surface area contributed by atoms with E-state index < -0.39 is 0 Å². The lowest BCUT2D eigenvalue weighted by Crippen LogP contribution is -2.19. The van der Waals surface area contributed by atoms with Gasteiger partial charge in [0.25, 0.3) is 0 Å². The Bertz CT molecular complexity index is 324. The SMILES string of the molecule is CCC1c2ccccc2C[C@H]1OCCF. The summed E-state index contributed by atoms with van der Waals surface area (Å²) in [6, 6.07) is 8.45. The van der Waals surface area contributed by atoms with Crippen molar-refractivity contribution < 1.29 is 9.13 Å². The van der Waals surface area contributed by atoms with Crippen molar-refractivity contribution in [2.24, 2.45) is 0 Å². The first-order valence-corrected chi connectivity index (χ1v) is 5.62. The van der Waals surface area contributed by atoms with Crippen LogP contribution in [0.25, 0.3) is 0 Å². The number of hydrogen-bond donors (Lipinski definition) is 0. The summed E-state index contributed by atoms with van der Waals surface area (Å²) in [5.74, 6) is 0.452. The van der Waals surface area contributed by atoms with Gasteiger partial charge in [0.2, 0.25) is 0 Å². The lowest BCUT2D eigenvalue weighted by molar-refractivity contribution is 0.0335. The van der Waals surface area contributed by atoms with Crippen molar-refractivity contribution in [2.75, 3.05) is 13.3 Å². The maximum atomic E-state index is 12.1. The second-order valence-electron chi connectivity index (χ2n) is 4.02. The van der Waals surface area contributed by atoms with Gasteiger partial charge in [-0.3, -0.25) is 0 Å². The third-order valence-corrected chi connectivity index (χ3v) is 3.17. The summed E-state index contributed by atoms with van der Waals surface area (Å²) in [4.78, 5) is 0. The highest BCUT2D eigenvalue weighted by molar-refractivity contribution is 5.36. The van der Waals surface area contributed by atoms with Gasteiger partial charge in [-0.2, -0.15) is 0 Å². The third kappa shape index (κ3) is 2.05. The summed E-state index contributed by atoms with van der Waals surface area (Å²) in [5.41, 5.74) is 2.76. The molecule has 0 aliphatic heterocycles. The predicted molar refractivity (Wildman–Crippen MR) is 58.9 cm³/mol. The summed E-state index contributed by atoms with van der Waals surface area (Å²) in [6.45, 7) is 2.01. The maximum absolute atomic E-state index is 12.1. The average Bonchev–Trinajstić information content (AvgIpc) is 2.63. The number of alkyl halides is 1. The zero-order chi connectivity index (χ0) is 10.7. The van der Waals surface area contributed by atoms with E-state index in [1.165, 1.54) is 11.1 Å². The number of halogens is 1. The molecule has 1 aromatic carbocycles. The predicted octanol–water partition coefficient (Wildman–Crippen LogP) is 3.09. The van der Waals surface area contributed by atoms with Gasteiger partial charge in [-0.1, -0.05) is 31.2 Å². The van der Waals surface area contributed by atoms with Crippen molar-refractivity contribution in [1.82, 2.24) is 0 Å². The molecule has 1 nitrogen and oxygen atoms in total. The summed E-state index contributed by atoms with van der Waals surface area (Å²) >= 11 is 0. The lowest BCUT2D eigenvalue weighted by atomic mass is 9.97. The standard InChI is InChI=1S/C13H17FO/c1-2-11-12-6-4-3-5-10(12)9-13(11)15-8-7-14/h3-6,11,13H,2,7-9H2,1H3/t11?,13-/m1/s1. The molecule has 1 unspecified atom stereocenters. The minimum absolute atomic E-state index is 0.183. The second-order valence-corrected chi connectivity index (χ2v) is 4.02. The van der Waals surface area contributed by atoms with Gasteiger partial charge in [0.15, 0.2) is 0 Å². The molecule has 2 heteroatoms. The fraction of sp³-hybridized carbons (Fsp3) is 0.538. The van der Waals surface area contributed by atoms with Crippen molar-refractivity contribution >= 4 is 0 Å². The molecule has 0 radical (unpaired) electrons. The molecule has 0 aromatic heterocycles. The molecule has 2 atom stereocenters. The van der Waals surface area contributed by atoms with Crippen LogP contribution in [-0.4, -0.2) is 19.4 Å². The molecule has 2 rings (SSSR count). The summed E-state index contributed by atoms with van der Waals surface area (Å²) in [5, 5.41) is 0. The Morgan fingerprint density at radius 2 is 2.20 bits per heavy atom. The lowest BCUT2D eigenvalue weighted by Gasteiger charge is -2.18. The van der Waals surface area contributed by atoms with E-state index in [2.05, 4.69) is 31.2 Å². The number of fused-ring (bicyclic) bond motifs is 1. The second kappa shape index (κ2) is 4.75. The number of hydrogen-bond acceptors (Lipinski definition) is 1. The molecule has 0 saturated heterocycles. The molecule has 1 aliphatic rings. The van der Waals surface area contributed by atoms with E-state index in [0.717, 1.165) is 12.8 Å². The fourth-order valence-electron chi connectivity index (χ4n) is 2.49. The zero-order valence-corrected chi connectivity index (χ0v) is 9.08. The van der Waals surface area contributed by atoms with E-state index in [9.17, 15) is 4.39 Å². The molecule has 82 valence electrons. The highest BCUT2D eigenvalue weighted by atomic mass is 19.1. The molecular formula is C13H17FO. The van der Waals surface area contributed by atoms with Crippen molar-refractivity contribution in [3.8, 4) is 0 Å². The average molecular weight is 208 g/mol. The Labute approximate surface area is 90.3 Å². The third-order valence-electron chi connectivity index (χ3n) is 3.17. The topological polar surface area (TPSA) is 9.23 Å². The monoisotopic (exact) mass is 208 g/mol. The van der Waals surface area contributed by atoms with Crippen molar-refractivity contribution in [3.05, 3.63) is 35.4 Å². The fourth-order valence-corrected chi connectivity index (χ4v) is 2.49. The van der Waals surface area contributed by atoms with Crippen LogP contribution in [0.3, 0.4) is 0 Å². The van der Waals surface area contributed by atoms with E-state index >= 15 is 0 Å². The largest absolute Gasteiger partial charge is 0.375 e. The highest BCUT2D eigenvalue weighted by Crippen LogP contribution is 2.37. The quantitative estimate of drug-likeness (QED) is 0.738. The molecule has 0 bridgehead atoms. The van der Waals surface area contributed by atoms with Gasteiger partial charge < -0.3 is 4.74 Å². The van der Waals surface area contributed by atoms with Crippen molar-refractivity contribution in [3.63, 3.8) is 0 Å².